The van der Waals surface area contributed by atoms with E-state index >= 15 is 0 Å². The zero-order valence-corrected chi connectivity index (χ0v) is 8.67. The van der Waals surface area contributed by atoms with Crippen molar-refractivity contribution in [1.29, 1.82) is 5.26 Å². The zero-order chi connectivity index (χ0) is 9.26. The van der Waals surface area contributed by atoms with Gasteiger partial charge in [0, 0.05) is 5.92 Å². The van der Waals surface area contributed by atoms with E-state index in [-0.39, 0.29) is 0 Å². The second kappa shape index (κ2) is 3.51. The first-order valence-corrected chi connectivity index (χ1v) is 5.17. The average Bonchev–Trinajstić information content (AvgIpc) is 2.71. The molecular weight excluding hydrogens is 232 g/mol. The summed E-state index contributed by atoms with van der Waals surface area (Å²) in [7, 11) is 0. The van der Waals surface area contributed by atoms with Crippen LogP contribution < -0.4 is 0 Å². The van der Waals surface area contributed by atoms with Crippen molar-refractivity contribution >= 4 is 15.9 Å². The predicted molar refractivity (Wildman–Crippen MR) is 50.1 cm³/mol. The lowest BCUT2D eigenvalue weighted by Gasteiger charge is -2.00. The monoisotopic (exact) mass is 240 g/mol. The summed E-state index contributed by atoms with van der Waals surface area (Å²) in [6.07, 6.45) is 4.76. The highest BCUT2D eigenvalue weighted by Gasteiger charge is 2.23. The van der Waals surface area contributed by atoms with Crippen molar-refractivity contribution in [1.82, 2.24) is 4.98 Å². The predicted octanol–water partition coefficient (Wildman–Crippen LogP) is 2.97. The Bertz CT molecular complexity index is 347. The number of nitrogens with zero attached hydrogens (tertiary/aromatic N) is 2. The van der Waals surface area contributed by atoms with Gasteiger partial charge in [-0.3, -0.25) is 0 Å². The van der Waals surface area contributed by atoms with Gasteiger partial charge in [0.1, 0.15) is 6.07 Å². The molecule has 0 atom stereocenters. The van der Waals surface area contributed by atoms with Crippen molar-refractivity contribution in [3.05, 3.63) is 16.3 Å². The van der Waals surface area contributed by atoms with Crippen LogP contribution in [0.4, 0.5) is 0 Å². The van der Waals surface area contributed by atoms with E-state index in [2.05, 4.69) is 20.9 Å². The van der Waals surface area contributed by atoms with E-state index < -0.39 is 0 Å². The maximum Gasteiger partial charge on any atom is 0.207 e. The van der Waals surface area contributed by atoms with Crippen LogP contribution in [0.2, 0.25) is 0 Å². The molecule has 1 aliphatic rings. The van der Waals surface area contributed by atoms with Gasteiger partial charge in [-0.2, -0.15) is 5.26 Å². The summed E-state index contributed by atoms with van der Waals surface area (Å²) in [4.78, 5) is 4.14. The molecule has 0 bridgehead atoms. The molecule has 0 saturated heterocycles. The van der Waals surface area contributed by atoms with Crippen LogP contribution in [-0.4, -0.2) is 4.98 Å². The number of nitriles is 1. The Labute approximate surface area is 84.9 Å². The number of hydrogen-bond acceptors (Lipinski definition) is 3. The second-order valence-electron chi connectivity index (χ2n) is 3.27. The summed E-state index contributed by atoms with van der Waals surface area (Å²) in [6.45, 7) is 0. The van der Waals surface area contributed by atoms with E-state index in [0.717, 1.165) is 18.7 Å². The SMILES string of the molecule is N#Cc1nc(C2CCCC2)oc1Br. The Morgan fingerprint density at radius 1 is 1.46 bits per heavy atom. The van der Waals surface area contributed by atoms with Crippen LogP contribution in [0.3, 0.4) is 0 Å². The third kappa shape index (κ3) is 1.61. The van der Waals surface area contributed by atoms with Crippen LogP contribution in [0.1, 0.15) is 43.2 Å². The van der Waals surface area contributed by atoms with Crippen molar-refractivity contribution in [3.63, 3.8) is 0 Å². The number of halogens is 1. The van der Waals surface area contributed by atoms with Crippen LogP contribution in [0.5, 0.6) is 0 Å². The Morgan fingerprint density at radius 3 is 2.69 bits per heavy atom. The van der Waals surface area contributed by atoms with Crippen molar-refractivity contribution in [3.8, 4) is 6.07 Å². The summed E-state index contributed by atoms with van der Waals surface area (Å²) in [5, 5.41) is 8.67. The van der Waals surface area contributed by atoms with E-state index in [9.17, 15) is 0 Å². The standard InChI is InChI=1S/C9H9BrN2O/c10-8-7(5-11)12-9(13-8)6-3-1-2-4-6/h6H,1-4H2. The molecule has 1 aromatic heterocycles. The van der Waals surface area contributed by atoms with Gasteiger partial charge in [0.2, 0.25) is 4.67 Å². The summed E-state index contributed by atoms with van der Waals surface area (Å²) in [6, 6.07) is 1.99. The van der Waals surface area contributed by atoms with Gasteiger partial charge < -0.3 is 4.42 Å². The largest absolute Gasteiger partial charge is 0.432 e. The first kappa shape index (κ1) is 8.76. The van der Waals surface area contributed by atoms with Crippen molar-refractivity contribution in [2.45, 2.75) is 31.6 Å². The first-order valence-electron chi connectivity index (χ1n) is 4.37. The van der Waals surface area contributed by atoms with Crippen LogP contribution in [0.15, 0.2) is 9.09 Å². The maximum absolute atomic E-state index is 8.67. The minimum atomic E-state index is 0.363. The molecule has 0 aliphatic heterocycles. The molecule has 1 saturated carbocycles. The van der Waals surface area contributed by atoms with Gasteiger partial charge in [-0.25, -0.2) is 4.98 Å². The van der Waals surface area contributed by atoms with Gasteiger partial charge in [-0.05, 0) is 28.8 Å². The first-order chi connectivity index (χ1) is 6.31. The lowest BCUT2D eigenvalue weighted by atomic mass is 10.1. The third-order valence-electron chi connectivity index (χ3n) is 2.41. The van der Waals surface area contributed by atoms with Gasteiger partial charge >= 0.3 is 0 Å². The number of rotatable bonds is 1. The Hall–Kier alpha value is -0.820. The fourth-order valence-electron chi connectivity index (χ4n) is 1.73. The highest BCUT2D eigenvalue weighted by Crippen LogP contribution is 2.35. The summed E-state index contributed by atoms with van der Waals surface area (Å²) in [5.41, 5.74) is 0.363. The zero-order valence-electron chi connectivity index (χ0n) is 7.09. The molecule has 4 heteroatoms. The topological polar surface area (TPSA) is 49.8 Å². The van der Waals surface area contributed by atoms with Gasteiger partial charge in [0.25, 0.3) is 0 Å². The fraction of sp³-hybridized carbons (Fsp3) is 0.556. The van der Waals surface area contributed by atoms with Crippen LogP contribution >= 0.6 is 15.9 Å². The Balaban J connectivity index is 2.26. The highest BCUT2D eigenvalue weighted by molar-refractivity contribution is 9.10. The molecule has 1 aromatic rings. The van der Waals surface area contributed by atoms with Gasteiger partial charge in [0.15, 0.2) is 11.6 Å². The lowest BCUT2D eigenvalue weighted by molar-refractivity contribution is 0.433. The second-order valence-corrected chi connectivity index (χ2v) is 3.99. The average molecular weight is 241 g/mol. The van der Waals surface area contributed by atoms with Crippen LogP contribution in [0.25, 0.3) is 0 Å². The van der Waals surface area contributed by atoms with E-state index in [4.69, 9.17) is 9.68 Å². The molecule has 2 rings (SSSR count). The van der Waals surface area contributed by atoms with E-state index in [1.165, 1.54) is 12.8 Å². The highest BCUT2D eigenvalue weighted by atomic mass is 79.9. The molecule has 0 spiro atoms. The fourth-order valence-corrected chi connectivity index (χ4v) is 2.08. The molecule has 3 nitrogen and oxygen atoms in total. The number of hydrogen-bond donors (Lipinski definition) is 0. The third-order valence-corrected chi connectivity index (χ3v) is 2.95. The molecule has 68 valence electrons. The Kier molecular flexibility index (Phi) is 2.36. The minimum Gasteiger partial charge on any atom is -0.432 e. The van der Waals surface area contributed by atoms with E-state index in [0.29, 0.717) is 16.3 Å². The molecule has 13 heavy (non-hydrogen) atoms. The molecule has 1 aliphatic carbocycles. The van der Waals surface area contributed by atoms with Crippen molar-refractivity contribution in [2.75, 3.05) is 0 Å². The van der Waals surface area contributed by atoms with Crippen LogP contribution in [0, 0.1) is 11.3 Å². The van der Waals surface area contributed by atoms with Crippen molar-refractivity contribution in [2.24, 2.45) is 0 Å². The maximum atomic E-state index is 8.67. The molecule has 0 radical (unpaired) electrons. The summed E-state index contributed by atoms with van der Waals surface area (Å²) in [5.74, 6) is 1.15. The summed E-state index contributed by atoms with van der Waals surface area (Å²) < 4.78 is 5.84. The summed E-state index contributed by atoms with van der Waals surface area (Å²) >= 11 is 3.17. The Morgan fingerprint density at radius 2 is 2.15 bits per heavy atom. The van der Waals surface area contributed by atoms with E-state index in [1.807, 2.05) is 6.07 Å². The molecule has 0 amide bonds. The van der Waals surface area contributed by atoms with E-state index in [1.54, 1.807) is 0 Å². The quantitative estimate of drug-likeness (QED) is 0.759. The van der Waals surface area contributed by atoms with Gasteiger partial charge in [0.05, 0.1) is 0 Å². The van der Waals surface area contributed by atoms with Crippen LogP contribution in [-0.2, 0) is 0 Å². The molecule has 0 N–H and O–H groups in total. The molecule has 0 unspecified atom stereocenters. The minimum absolute atomic E-state index is 0.363. The molecule has 1 heterocycles. The molecular formula is C9H9BrN2O. The van der Waals surface area contributed by atoms with Gasteiger partial charge in [-0.15, -0.1) is 0 Å². The molecule has 1 fully saturated rings. The normalized spacial score (nSPS) is 17.5. The molecule has 0 aromatic carbocycles. The lowest BCUT2D eigenvalue weighted by Crippen LogP contribution is -1.91. The van der Waals surface area contributed by atoms with Gasteiger partial charge in [-0.1, -0.05) is 12.8 Å². The number of oxazole rings is 1. The smallest absolute Gasteiger partial charge is 0.207 e. The number of aromatic nitrogens is 1. The van der Waals surface area contributed by atoms with Crippen molar-refractivity contribution < 1.29 is 4.42 Å².